The molecule has 0 aliphatic rings. The molecule has 2 aromatic rings. The number of benzene rings is 2. The molecule has 0 fully saturated rings. The van der Waals surface area contributed by atoms with E-state index >= 15 is 0 Å². The molecule has 132 valence electrons. The molecule has 0 unspecified atom stereocenters. The molecule has 2 N–H and O–H groups in total. The summed E-state index contributed by atoms with van der Waals surface area (Å²) in [6.45, 7) is 1.40. The average molecular weight is 346 g/mol. The Bertz CT molecular complexity index is 737. The van der Waals surface area contributed by atoms with Crippen molar-refractivity contribution >= 4 is 17.7 Å². The number of esters is 1. The van der Waals surface area contributed by atoms with Gasteiger partial charge in [0, 0.05) is 5.69 Å². The van der Waals surface area contributed by atoms with Gasteiger partial charge < -0.3 is 20.1 Å². The fourth-order valence-electron chi connectivity index (χ4n) is 2.02. The summed E-state index contributed by atoms with van der Waals surface area (Å²) < 4.78 is 23.5. The van der Waals surface area contributed by atoms with Crippen LogP contribution in [0.15, 0.2) is 48.5 Å². The van der Waals surface area contributed by atoms with Gasteiger partial charge in [-0.15, -0.1) is 0 Å². The van der Waals surface area contributed by atoms with E-state index in [1.807, 2.05) is 6.07 Å². The van der Waals surface area contributed by atoms with Crippen molar-refractivity contribution in [2.45, 2.75) is 19.6 Å². The van der Waals surface area contributed by atoms with Crippen molar-refractivity contribution in [3.63, 3.8) is 0 Å². The zero-order chi connectivity index (χ0) is 18.2. The molecule has 2 amide bonds. The second kappa shape index (κ2) is 8.68. The largest absolute Gasteiger partial charge is 0.494 e. The Kier molecular flexibility index (Phi) is 6.33. The Labute approximate surface area is 144 Å². The summed E-state index contributed by atoms with van der Waals surface area (Å²) >= 11 is 0. The van der Waals surface area contributed by atoms with E-state index in [-0.39, 0.29) is 12.4 Å². The molecular weight excluding hydrogens is 327 g/mol. The highest BCUT2D eigenvalue weighted by atomic mass is 19.1. The molecule has 1 atom stereocenters. The second-order valence-electron chi connectivity index (χ2n) is 5.26. The number of urea groups is 1. The van der Waals surface area contributed by atoms with Gasteiger partial charge in [-0.3, -0.25) is 0 Å². The lowest BCUT2D eigenvalue weighted by molar-refractivity contribution is -0.146. The van der Waals surface area contributed by atoms with E-state index in [2.05, 4.69) is 10.6 Å². The van der Waals surface area contributed by atoms with E-state index in [4.69, 9.17) is 9.47 Å². The lowest BCUT2D eigenvalue weighted by atomic mass is 10.2. The molecule has 0 saturated carbocycles. The van der Waals surface area contributed by atoms with Gasteiger partial charge in [-0.1, -0.05) is 24.3 Å². The number of carbonyl (C=O) groups is 2. The predicted molar refractivity (Wildman–Crippen MR) is 90.8 cm³/mol. The maximum absolute atomic E-state index is 13.6. The van der Waals surface area contributed by atoms with Crippen LogP contribution in [0.1, 0.15) is 12.5 Å². The SMILES string of the molecule is COc1ccc(COC(=O)[C@H](C)NC(=O)Nc2ccccc2)cc1F. The minimum absolute atomic E-state index is 0.105. The van der Waals surface area contributed by atoms with Crippen molar-refractivity contribution in [3.05, 3.63) is 59.9 Å². The zero-order valence-electron chi connectivity index (χ0n) is 13.9. The van der Waals surface area contributed by atoms with Gasteiger partial charge in [0.15, 0.2) is 11.6 Å². The molecule has 0 heterocycles. The maximum Gasteiger partial charge on any atom is 0.328 e. The quantitative estimate of drug-likeness (QED) is 0.788. The second-order valence-corrected chi connectivity index (χ2v) is 5.26. The first kappa shape index (κ1) is 18.3. The van der Waals surface area contributed by atoms with Crippen LogP contribution in [0.5, 0.6) is 5.75 Å². The molecule has 2 aromatic carbocycles. The van der Waals surface area contributed by atoms with E-state index < -0.39 is 23.9 Å². The summed E-state index contributed by atoms with van der Waals surface area (Å²) in [5, 5.41) is 5.08. The third kappa shape index (κ3) is 5.49. The number of rotatable bonds is 6. The molecule has 0 bridgehead atoms. The number of carbonyl (C=O) groups excluding carboxylic acids is 2. The van der Waals surface area contributed by atoms with Gasteiger partial charge in [0.2, 0.25) is 0 Å². The van der Waals surface area contributed by atoms with Crippen molar-refractivity contribution in [1.82, 2.24) is 5.32 Å². The van der Waals surface area contributed by atoms with Crippen LogP contribution in [0.3, 0.4) is 0 Å². The Morgan fingerprint density at radius 1 is 1.16 bits per heavy atom. The van der Waals surface area contributed by atoms with Gasteiger partial charge in [-0.2, -0.15) is 0 Å². The number of amides is 2. The van der Waals surface area contributed by atoms with Crippen LogP contribution in [0.25, 0.3) is 0 Å². The Morgan fingerprint density at radius 2 is 1.88 bits per heavy atom. The number of anilines is 1. The van der Waals surface area contributed by atoms with Crippen molar-refractivity contribution in [1.29, 1.82) is 0 Å². The number of ether oxygens (including phenoxy) is 2. The zero-order valence-corrected chi connectivity index (χ0v) is 13.9. The molecule has 0 radical (unpaired) electrons. The minimum Gasteiger partial charge on any atom is -0.494 e. The van der Waals surface area contributed by atoms with Crippen molar-refractivity contribution in [2.24, 2.45) is 0 Å². The number of halogens is 1. The molecule has 0 saturated heterocycles. The lowest BCUT2D eigenvalue weighted by Gasteiger charge is -2.14. The summed E-state index contributed by atoms with van der Waals surface area (Å²) in [7, 11) is 1.37. The molecule has 2 rings (SSSR count). The highest BCUT2D eigenvalue weighted by Gasteiger charge is 2.17. The number of hydrogen-bond acceptors (Lipinski definition) is 4. The van der Waals surface area contributed by atoms with Crippen molar-refractivity contribution < 1.29 is 23.5 Å². The van der Waals surface area contributed by atoms with Crippen LogP contribution in [0, 0.1) is 5.82 Å². The third-order valence-electron chi connectivity index (χ3n) is 3.33. The summed E-state index contributed by atoms with van der Waals surface area (Å²) in [5.41, 5.74) is 1.09. The van der Waals surface area contributed by atoms with Crippen LogP contribution >= 0.6 is 0 Å². The number of methoxy groups -OCH3 is 1. The van der Waals surface area contributed by atoms with Gasteiger partial charge in [0.05, 0.1) is 7.11 Å². The van der Waals surface area contributed by atoms with Crippen LogP contribution in [-0.2, 0) is 16.1 Å². The average Bonchev–Trinajstić information content (AvgIpc) is 2.60. The van der Waals surface area contributed by atoms with Gasteiger partial charge >= 0.3 is 12.0 Å². The lowest BCUT2D eigenvalue weighted by Crippen LogP contribution is -2.41. The topological polar surface area (TPSA) is 76.7 Å². The maximum atomic E-state index is 13.6. The number of nitrogens with one attached hydrogen (secondary N) is 2. The van der Waals surface area contributed by atoms with Crippen molar-refractivity contribution in [3.8, 4) is 5.75 Å². The normalized spacial score (nSPS) is 11.3. The molecule has 0 aliphatic carbocycles. The van der Waals surface area contributed by atoms with E-state index in [0.29, 0.717) is 11.3 Å². The van der Waals surface area contributed by atoms with Crippen molar-refractivity contribution in [2.75, 3.05) is 12.4 Å². The summed E-state index contributed by atoms with van der Waals surface area (Å²) in [6.07, 6.45) is 0. The monoisotopic (exact) mass is 346 g/mol. The van der Waals surface area contributed by atoms with Crippen LogP contribution in [0.2, 0.25) is 0 Å². The van der Waals surface area contributed by atoms with E-state index in [1.165, 1.54) is 26.2 Å². The molecule has 6 nitrogen and oxygen atoms in total. The molecule has 0 aromatic heterocycles. The van der Waals surface area contributed by atoms with E-state index in [0.717, 1.165) is 0 Å². The summed E-state index contributed by atoms with van der Waals surface area (Å²) in [6, 6.07) is 11.7. The summed E-state index contributed by atoms with van der Waals surface area (Å²) in [4.78, 5) is 23.8. The van der Waals surface area contributed by atoms with Crippen LogP contribution in [0.4, 0.5) is 14.9 Å². The fraction of sp³-hybridized carbons (Fsp3) is 0.222. The molecule has 0 aliphatic heterocycles. The third-order valence-corrected chi connectivity index (χ3v) is 3.33. The fourth-order valence-corrected chi connectivity index (χ4v) is 2.02. The minimum atomic E-state index is -0.855. The van der Waals surface area contributed by atoms with Crippen LogP contribution < -0.4 is 15.4 Å². The molecule has 0 spiro atoms. The molecular formula is C18H19FN2O4. The Morgan fingerprint density at radius 3 is 2.52 bits per heavy atom. The Hall–Kier alpha value is -3.09. The molecule has 7 heteroatoms. The Balaban J connectivity index is 1.81. The number of hydrogen-bond donors (Lipinski definition) is 2. The highest BCUT2D eigenvalue weighted by molar-refractivity contribution is 5.92. The standard InChI is InChI=1S/C18H19FN2O4/c1-12(20-18(23)21-14-6-4-3-5-7-14)17(22)25-11-13-8-9-16(24-2)15(19)10-13/h3-10,12H,11H2,1-2H3,(H2,20,21,23)/t12-/m0/s1. The summed E-state index contributed by atoms with van der Waals surface area (Å²) in [5.74, 6) is -1.05. The highest BCUT2D eigenvalue weighted by Crippen LogP contribution is 2.18. The molecule has 25 heavy (non-hydrogen) atoms. The van der Waals surface area contributed by atoms with Gasteiger partial charge in [0.1, 0.15) is 12.6 Å². The van der Waals surface area contributed by atoms with Gasteiger partial charge in [-0.25, -0.2) is 14.0 Å². The van der Waals surface area contributed by atoms with Gasteiger partial charge in [-0.05, 0) is 36.8 Å². The first-order valence-corrected chi connectivity index (χ1v) is 7.61. The van der Waals surface area contributed by atoms with Gasteiger partial charge in [0.25, 0.3) is 0 Å². The van der Waals surface area contributed by atoms with E-state index in [9.17, 15) is 14.0 Å². The smallest absolute Gasteiger partial charge is 0.328 e. The van der Waals surface area contributed by atoms with E-state index in [1.54, 1.807) is 30.3 Å². The van der Waals surface area contributed by atoms with Crippen LogP contribution in [-0.4, -0.2) is 25.2 Å². The number of para-hydroxylation sites is 1. The first-order chi connectivity index (χ1) is 12.0. The predicted octanol–water partition coefficient (Wildman–Crippen LogP) is 3.09. The first-order valence-electron chi connectivity index (χ1n) is 7.61.